The van der Waals surface area contributed by atoms with Gasteiger partial charge >= 0.3 is 0 Å². The normalized spacial score (nSPS) is 17.1. The minimum atomic E-state index is 0. The van der Waals surface area contributed by atoms with Gasteiger partial charge in [0.2, 0.25) is 0 Å². The van der Waals surface area contributed by atoms with E-state index in [0.717, 1.165) is 17.4 Å². The van der Waals surface area contributed by atoms with Crippen LogP contribution in [0.1, 0.15) is 35.6 Å². The summed E-state index contributed by atoms with van der Waals surface area (Å²) in [5.74, 6) is 1.63. The summed E-state index contributed by atoms with van der Waals surface area (Å²) in [4.78, 5) is 8.36. The smallest absolute Gasteiger partial charge is 0.186 e. The first-order valence-electron chi connectivity index (χ1n) is 10.1. The van der Waals surface area contributed by atoms with Crippen LogP contribution in [0.25, 0.3) is 11.0 Å². The molecular formula is C23H23Cl2N5O2. The van der Waals surface area contributed by atoms with Crippen LogP contribution >= 0.6 is 24.0 Å². The molecule has 0 saturated heterocycles. The van der Waals surface area contributed by atoms with Gasteiger partial charge in [0.15, 0.2) is 17.1 Å². The first kappa shape index (κ1) is 22.2. The third-order valence-electron chi connectivity index (χ3n) is 5.81. The summed E-state index contributed by atoms with van der Waals surface area (Å²) in [6.07, 6.45) is 4.20. The van der Waals surface area contributed by atoms with Crippen molar-refractivity contribution in [2.45, 2.75) is 25.3 Å². The first-order chi connectivity index (χ1) is 15.1. The number of rotatable bonds is 5. The molecule has 1 aliphatic rings. The summed E-state index contributed by atoms with van der Waals surface area (Å²) in [5.41, 5.74) is 10.2. The standard InChI is InChI=1S/C23H22ClN5O2.ClH/c1-3-31-21-17(24)8-14(10-19(21)30-2)20-15-7-5-4-6-13(15)9-18(20)29-11-16-22(25)26-12-27-23(16)28-29;/h4-8,10-12,18,20H,3,9H2,1-2H3,(H2,25,26,27,28);1H. The number of aromatic nitrogens is 4. The lowest BCUT2D eigenvalue weighted by atomic mass is 9.90. The number of nitrogen functional groups attached to an aromatic ring is 1. The maximum absolute atomic E-state index is 6.61. The number of hydrogen-bond acceptors (Lipinski definition) is 6. The summed E-state index contributed by atoms with van der Waals surface area (Å²) in [6, 6.07) is 12.4. The first-order valence-corrected chi connectivity index (χ1v) is 10.5. The highest BCUT2D eigenvalue weighted by Crippen LogP contribution is 2.48. The van der Waals surface area contributed by atoms with Crippen LogP contribution in [-0.4, -0.2) is 33.5 Å². The molecule has 9 heteroatoms. The Bertz CT molecular complexity index is 1280. The van der Waals surface area contributed by atoms with Crippen molar-refractivity contribution >= 4 is 40.9 Å². The third-order valence-corrected chi connectivity index (χ3v) is 6.09. The van der Waals surface area contributed by atoms with Crippen LogP contribution in [0.15, 0.2) is 48.9 Å². The van der Waals surface area contributed by atoms with E-state index < -0.39 is 0 Å². The molecule has 1 aliphatic carbocycles. The zero-order chi connectivity index (χ0) is 21.5. The van der Waals surface area contributed by atoms with Crippen molar-refractivity contribution in [1.29, 1.82) is 0 Å². The fourth-order valence-electron chi connectivity index (χ4n) is 4.47. The van der Waals surface area contributed by atoms with Crippen LogP contribution in [0.5, 0.6) is 11.5 Å². The molecule has 0 fully saturated rings. The highest BCUT2D eigenvalue weighted by atomic mass is 35.5. The van der Waals surface area contributed by atoms with Crippen LogP contribution in [0.4, 0.5) is 5.82 Å². The summed E-state index contributed by atoms with van der Waals surface area (Å²) >= 11 is 6.61. The fraction of sp³-hybridized carbons (Fsp3) is 0.261. The number of methoxy groups -OCH3 is 1. The van der Waals surface area contributed by atoms with E-state index in [0.29, 0.717) is 34.6 Å². The predicted molar refractivity (Wildman–Crippen MR) is 127 cm³/mol. The Morgan fingerprint density at radius 2 is 2.03 bits per heavy atom. The molecule has 2 heterocycles. The van der Waals surface area contributed by atoms with E-state index in [1.807, 2.05) is 29.9 Å². The average Bonchev–Trinajstić information content (AvgIpc) is 3.37. The van der Waals surface area contributed by atoms with Gasteiger partial charge in [-0.2, -0.15) is 5.10 Å². The molecule has 2 aromatic heterocycles. The molecule has 0 radical (unpaired) electrons. The minimum absolute atomic E-state index is 0. The number of halogens is 2. The van der Waals surface area contributed by atoms with E-state index >= 15 is 0 Å². The Labute approximate surface area is 196 Å². The zero-order valence-corrected chi connectivity index (χ0v) is 19.2. The summed E-state index contributed by atoms with van der Waals surface area (Å²) in [5, 5.41) is 6.00. The topological polar surface area (TPSA) is 88.1 Å². The summed E-state index contributed by atoms with van der Waals surface area (Å²) in [7, 11) is 1.62. The SMILES string of the molecule is CCOc1c(Cl)cc(C2c3ccccc3CC2n2cc3c(N)ncnc3n2)cc1OC.Cl. The van der Waals surface area contributed by atoms with Crippen LogP contribution in [-0.2, 0) is 6.42 Å². The molecule has 166 valence electrons. The van der Waals surface area contributed by atoms with Gasteiger partial charge in [0, 0.05) is 12.1 Å². The fourth-order valence-corrected chi connectivity index (χ4v) is 4.74. The lowest BCUT2D eigenvalue weighted by Crippen LogP contribution is -2.16. The number of benzene rings is 2. The number of anilines is 1. The molecule has 2 unspecified atom stereocenters. The maximum atomic E-state index is 6.61. The van der Waals surface area contributed by atoms with E-state index in [2.05, 4.69) is 34.2 Å². The molecule has 2 atom stereocenters. The highest BCUT2D eigenvalue weighted by Gasteiger charge is 2.36. The van der Waals surface area contributed by atoms with Crippen molar-refractivity contribution in [3.05, 3.63) is 70.6 Å². The molecule has 5 rings (SSSR count). The number of nitrogens with two attached hydrogens (primary N) is 1. The van der Waals surface area contributed by atoms with E-state index in [9.17, 15) is 0 Å². The number of hydrogen-bond donors (Lipinski definition) is 1. The van der Waals surface area contributed by atoms with Crippen molar-refractivity contribution in [3.63, 3.8) is 0 Å². The second-order valence-corrected chi connectivity index (χ2v) is 7.93. The monoisotopic (exact) mass is 471 g/mol. The van der Waals surface area contributed by atoms with E-state index in [-0.39, 0.29) is 24.4 Å². The number of ether oxygens (including phenoxy) is 2. The van der Waals surface area contributed by atoms with E-state index in [1.165, 1.54) is 17.5 Å². The van der Waals surface area contributed by atoms with Crippen molar-refractivity contribution < 1.29 is 9.47 Å². The molecule has 0 bridgehead atoms. The van der Waals surface area contributed by atoms with Crippen LogP contribution < -0.4 is 15.2 Å². The molecule has 32 heavy (non-hydrogen) atoms. The van der Waals surface area contributed by atoms with Gasteiger partial charge in [-0.15, -0.1) is 12.4 Å². The molecule has 0 aliphatic heterocycles. The van der Waals surface area contributed by atoms with Crippen molar-refractivity contribution in [2.75, 3.05) is 19.5 Å². The lowest BCUT2D eigenvalue weighted by molar-refractivity contribution is 0.310. The molecular weight excluding hydrogens is 449 g/mol. The minimum Gasteiger partial charge on any atom is -0.493 e. The molecule has 2 aromatic carbocycles. The second kappa shape index (κ2) is 8.84. The zero-order valence-electron chi connectivity index (χ0n) is 17.7. The summed E-state index contributed by atoms with van der Waals surface area (Å²) < 4.78 is 13.3. The molecule has 2 N–H and O–H groups in total. The Morgan fingerprint density at radius 3 is 2.78 bits per heavy atom. The van der Waals surface area contributed by atoms with Gasteiger partial charge in [-0.3, -0.25) is 4.68 Å². The number of nitrogens with zero attached hydrogens (tertiary/aromatic N) is 4. The van der Waals surface area contributed by atoms with Crippen LogP contribution in [0.2, 0.25) is 5.02 Å². The van der Waals surface area contributed by atoms with Gasteiger partial charge in [-0.25, -0.2) is 9.97 Å². The van der Waals surface area contributed by atoms with Gasteiger partial charge in [0.1, 0.15) is 12.1 Å². The number of fused-ring (bicyclic) bond motifs is 2. The largest absolute Gasteiger partial charge is 0.493 e. The van der Waals surface area contributed by atoms with Crippen molar-refractivity contribution in [3.8, 4) is 11.5 Å². The Balaban J connectivity index is 0.00000245. The van der Waals surface area contributed by atoms with Crippen LogP contribution in [0, 0.1) is 0 Å². The summed E-state index contributed by atoms with van der Waals surface area (Å²) in [6.45, 7) is 2.43. The Kier molecular flexibility index (Phi) is 6.13. The second-order valence-electron chi connectivity index (χ2n) is 7.52. The van der Waals surface area contributed by atoms with Crippen molar-refractivity contribution in [2.24, 2.45) is 0 Å². The molecule has 0 spiro atoms. The maximum Gasteiger partial charge on any atom is 0.186 e. The lowest BCUT2D eigenvalue weighted by Gasteiger charge is -2.23. The van der Waals surface area contributed by atoms with Gasteiger partial charge in [0.05, 0.1) is 30.2 Å². The van der Waals surface area contributed by atoms with Gasteiger partial charge in [-0.05, 0) is 42.2 Å². The third kappa shape index (κ3) is 3.61. The van der Waals surface area contributed by atoms with Crippen molar-refractivity contribution in [1.82, 2.24) is 19.7 Å². The molecule has 4 aromatic rings. The Hall–Kier alpha value is -3.03. The Morgan fingerprint density at radius 1 is 1.22 bits per heavy atom. The van der Waals surface area contributed by atoms with E-state index in [4.69, 9.17) is 31.9 Å². The molecule has 0 amide bonds. The average molecular weight is 472 g/mol. The molecule has 0 saturated carbocycles. The van der Waals surface area contributed by atoms with Gasteiger partial charge < -0.3 is 15.2 Å². The van der Waals surface area contributed by atoms with E-state index in [1.54, 1.807) is 7.11 Å². The van der Waals surface area contributed by atoms with Gasteiger partial charge in [-0.1, -0.05) is 35.9 Å². The van der Waals surface area contributed by atoms with Crippen LogP contribution in [0.3, 0.4) is 0 Å². The predicted octanol–water partition coefficient (Wildman–Crippen LogP) is 4.82. The van der Waals surface area contributed by atoms with Gasteiger partial charge in [0.25, 0.3) is 0 Å². The highest BCUT2D eigenvalue weighted by molar-refractivity contribution is 6.32. The molecule has 7 nitrogen and oxygen atoms in total. The quantitative estimate of drug-likeness (QED) is 0.448.